The smallest absolute Gasteiger partial charge is 0.193 e. The lowest BCUT2D eigenvalue weighted by Crippen LogP contribution is -2.44. The Morgan fingerprint density at radius 1 is 1.06 bits per heavy atom. The predicted molar refractivity (Wildman–Crippen MR) is 145 cm³/mol. The Balaban J connectivity index is 0.00000289. The van der Waals surface area contributed by atoms with E-state index in [0.29, 0.717) is 12.5 Å². The van der Waals surface area contributed by atoms with Crippen LogP contribution in [-0.4, -0.2) is 62.1 Å². The SMILES string of the molecule is CN=C(NCC1CCN(Cc2cccs2)CC1)N1CCC(COCc2ccccc2)C1.I. The molecule has 0 amide bonds. The summed E-state index contributed by atoms with van der Waals surface area (Å²) in [5.41, 5.74) is 1.25. The molecule has 5 nitrogen and oxygen atoms in total. The minimum Gasteiger partial charge on any atom is -0.376 e. The van der Waals surface area contributed by atoms with Gasteiger partial charge in [-0.25, -0.2) is 0 Å². The molecule has 2 aromatic rings. The number of hydrogen-bond acceptors (Lipinski definition) is 4. The number of thiophene rings is 1. The van der Waals surface area contributed by atoms with Gasteiger partial charge >= 0.3 is 0 Å². The molecule has 3 heterocycles. The second-order valence-corrected chi connectivity index (χ2v) is 9.86. The standard InChI is InChI=1S/C25H36N4OS.HI/c1-26-25(27-16-21-9-12-28(13-10-21)18-24-8-5-15-31-24)29-14-11-23(17-29)20-30-19-22-6-3-2-4-7-22;/h2-8,15,21,23H,9-14,16-20H2,1H3,(H,26,27);1H. The number of nitrogens with one attached hydrogen (secondary N) is 1. The maximum Gasteiger partial charge on any atom is 0.193 e. The first-order valence-electron chi connectivity index (χ1n) is 11.6. The highest BCUT2D eigenvalue weighted by atomic mass is 127. The first-order chi connectivity index (χ1) is 15.3. The Kier molecular flexibility index (Phi) is 10.8. The van der Waals surface area contributed by atoms with Gasteiger partial charge in [0.15, 0.2) is 5.96 Å². The maximum absolute atomic E-state index is 5.98. The molecule has 1 aromatic carbocycles. The summed E-state index contributed by atoms with van der Waals surface area (Å²) in [5.74, 6) is 2.39. The molecule has 1 aromatic heterocycles. The van der Waals surface area contributed by atoms with Gasteiger partial charge in [0.2, 0.25) is 0 Å². The zero-order chi connectivity index (χ0) is 21.3. The highest BCUT2D eigenvalue weighted by Crippen LogP contribution is 2.21. The average Bonchev–Trinajstić information content (AvgIpc) is 3.49. The minimum atomic E-state index is 0. The number of aliphatic imine (C=N–C) groups is 1. The number of halogens is 1. The second kappa shape index (κ2) is 13.5. The van der Waals surface area contributed by atoms with E-state index < -0.39 is 0 Å². The van der Waals surface area contributed by atoms with Crippen molar-refractivity contribution in [1.82, 2.24) is 15.1 Å². The van der Waals surface area contributed by atoms with Crippen molar-refractivity contribution in [3.8, 4) is 0 Å². The molecule has 0 spiro atoms. The van der Waals surface area contributed by atoms with Gasteiger partial charge in [0.25, 0.3) is 0 Å². The molecule has 0 bridgehead atoms. The lowest BCUT2D eigenvalue weighted by Gasteiger charge is -2.32. The Bertz CT molecular complexity index is 794. The van der Waals surface area contributed by atoms with Gasteiger partial charge in [0, 0.05) is 44.0 Å². The molecule has 1 N–H and O–H groups in total. The number of piperidine rings is 1. The Labute approximate surface area is 214 Å². The third-order valence-electron chi connectivity index (χ3n) is 6.48. The summed E-state index contributed by atoms with van der Waals surface area (Å²) in [5, 5.41) is 5.84. The van der Waals surface area contributed by atoms with E-state index in [4.69, 9.17) is 4.74 Å². The minimum absolute atomic E-state index is 0. The van der Waals surface area contributed by atoms with Crippen molar-refractivity contribution < 1.29 is 4.74 Å². The number of nitrogens with zero attached hydrogens (tertiary/aromatic N) is 3. The summed E-state index contributed by atoms with van der Waals surface area (Å²) in [6.45, 7) is 8.18. The third kappa shape index (κ3) is 7.71. The van der Waals surface area contributed by atoms with Crippen LogP contribution in [0.25, 0.3) is 0 Å². The van der Waals surface area contributed by atoms with E-state index in [1.165, 1.54) is 42.8 Å². The van der Waals surface area contributed by atoms with Gasteiger partial charge in [-0.15, -0.1) is 35.3 Å². The van der Waals surface area contributed by atoms with Gasteiger partial charge in [-0.1, -0.05) is 36.4 Å². The van der Waals surface area contributed by atoms with Crippen LogP contribution in [0.3, 0.4) is 0 Å². The molecular weight excluding hydrogens is 531 g/mol. The van der Waals surface area contributed by atoms with Crippen molar-refractivity contribution >= 4 is 41.3 Å². The second-order valence-electron chi connectivity index (χ2n) is 8.83. The van der Waals surface area contributed by atoms with Gasteiger partial charge in [0.05, 0.1) is 13.2 Å². The summed E-state index contributed by atoms with van der Waals surface area (Å²) in [7, 11) is 1.91. The number of guanidine groups is 1. The molecule has 2 aliphatic rings. The van der Waals surface area contributed by atoms with Crippen LogP contribution in [0.5, 0.6) is 0 Å². The van der Waals surface area contributed by atoms with E-state index in [9.17, 15) is 0 Å². The topological polar surface area (TPSA) is 40.1 Å². The van der Waals surface area contributed by atoms with Crippen molar-refractivity contribution in [1.29, 1.82) is 0 Å². The summed E-state index contributed by atoms with van der Waals surface area (Å²) in [6.07, 6.45) is 3.72. The summed E-state index contributed by atoms with van der Waals surface area (Å²) in [4.78, 5) is 11.0. The van der Waals surface area contributed by atoms with E-state index in [-0.39, 0.29) is 24.0 Å². The molecule has 0 saturated carbocycles. The van der Waals surface area contributed by atoms with Crippen LogP contribution in [0.4, 0.5) is 0 Å². The molecule has 7 heteroatoms. The van der Waals surface area contributed by atoms with Crippen molar-refractivity contribution in [3.05, 3.63) is 58.3 Å². The molecule has 1 atom stereocenters. The monoisotopic (exact) mass is 568 g/mol. The van der Waals surface area contributed by atoms with Gasteiger partial charge in [-0.2, -0.15) is 0 Å². The Morgan fingerprint density at radius 2 is 1.84 bits per heavy atom. The summed E-state index contributed by atoms with van der Waals surface area (Å²) < 4.78 is 5.98. The van der Waals surface area contributed by atoms with Crippen LogP contribution in [0, 0.1) is 11.8 Å². The summed E-state index contributed by atoms with van der Waals surface area (Å²) in [6, 6.07) is 14.8. The van der Waals surface area contributed by atoms with Crippen LogP contribution < -0.4 is 5.32 Å². The van der Waals surface area contributed by atoms with Crippen molar-refractivity contribution in [2.75, 3.05) is 46.4 Å². The quantitative estimate of drug-likeness (QED) is 0.285. The molecule has 1 unspecified atom stereocenters. The van der Waals surface area contributed by atoms with E-state index in [1.807, 2.05) is 24.5 Å². The molecule has 2 aliphatic heterocycles. The van der Waals surface area contributed by atoms with Crippen LogP contribution >= 0.6 is 35.3 Å². The molecule has 2 fully saturated rings. The van der Waals surface area contributed by atoms with Crippen LogP contribution in [-0.2, 0) is 17.9 Å². The van der Waals surface area contributed by atoms with Gasteiger partial charge in [-0.3, -0.25) is 9.89 Å². The van der Waals surface area contributed by atoms with Gasteiger partial charge in [0.1, 0.15) is 0 Å². The molecular formula is C25H37IN4OS. The Morgan fingerprint density at radius 3 is 2.56 bits per heavy atom. The largest absolute Gasteiger partial charge is 0.376 e. The highest BCUT2D eigenvalue weighted by molar-refractivity contribution is 14.0. The maximum atomic E-state index is 5.98. The van der Waals surface area contributed by atoms with Gasteiger partial charge < -0.3 is 15.0 Å². The number of rotatable bonds is 8. The molecule has 0 radical (unpaired) electrons. The Hall–Kier alpha value is -1.16. The van der Waals surface area contributed by atoms with Gasteiger partial charge in [-0.05, 0) is 55.3 Å². The number of hydrogen-bond donors (Lipinski definition) is 1. The highest BCUT2D eigenvalue weighted by Gasteiger charge is 2.26. The average molecular weight is 569 g/mol. The normalized spacial score (nSPS) is 20.3. The van der Waals surface area contributed by atoms with E-state index in [0.717, 1.165) is 44.7 Å². The van der Waals surface area contributed by atoms with Crippen molar-refractivity contribution in [3.63, 3.8) is 0 Å². The number of ether oxygens (including phenoxy) is 1. The molecule has 2 saturated heterocycles. The third-order valence-corrected chi connectivity index (χ3v) is 7.34. The van der Waals surface area contributed by atoms with Crippen molar-refractivity contribution in [2.45, 2.75) is 32.4 Å². The predicted octanol–water partition coefficient (Wildman–Crippen LogP) is 4.69. The summed E-state index contributed by atoms with van der Waals surface area (Å²) >= 11 is 1.87. The molecule has 4 rings (SSSR count). The van der Waals surface area contributed by atoms with E-state index >= 15 is 0 Å². The fourth-order valence-electron chi connectivity index (χ4n) is 4.62. The lowest BCUT2D eigenvalue weighted by molar-refractivity contribution is 0.0906. The molecule has 32 heavy (non-hydrogen) atoms. The zero-order valence-corrected chi connectivity index (χ0v) is 22.3. The first kappa shape index (κ1) is 25.5. The van der Waals surface area contributed by atoms with Crippen molar-refractivity contribution in [2.24, 2.45) is 16.8 Å². The number of benzene rings is 1. The number of likely N-dealkylation sites (tertiary alicyclic amines) is 2. The van der Waals surface area contributed by atoms with E-state index in [2.05, 4.69) is 61.9 Å². The van der Waals surface area contributed by atoms with Crippen LogP contribution in [0.15, 0.2) is 52.8 Å². The first-order valence-corrected chi connectivity index (χ1v) is 12.5. The van der Waals surface area contributed by atoms with Crippen LogP contribution in [0.2, 0.25) is 0 Å². The lowest BCUT2D eigenvalue weighted by atomic mass is 9.97. The molecule has 0 aliphatic carbocycles. The molecule has 176 valence electrons. The fraction of sp³-hybridized carbons (Fsp3) is 0.560. The zero-order valence-electron chi connectivity index (χ0n) is 19.1. The van der Waals surface area contributed by atoms with Crippen LogP contribution in [0.1, 0.15) is 29.7 Å². The fourth-order valence-corrected chi connectivity index (χ4v) is 5.36. The van der Waals surface area contributed by atoms with E-state index in [1.54, 1.807) is 0 Å².